The van der Waals surface area contributed by atoms with Gasteiger partial charge in [0.2, 0.25) is 5.91 Å². The van der Waals surface area contributed by atoms with Crippen LogP contribution in [0, 0.1) is 5.92 Å². The third-order valence-electron chi connectivity index (χ3n) is 4.07. The van der Waals surface area contributed by atoms with Gasteiger partial charge in [-0.15, -0.1) is 0 Å². The van der Waals surface area contributed by atoms with Crippen molar-refractivity contribution in [1.82, 2.24) is 14.7 Å². The molecule has 0 radical (unpaired) electrons. The minimum absolute atomic E-state index is 0.00514. The fourth-order valence-electron chi connectivity index (χ4n) is 2.62. The van der Waals surface area contributed by atoms with Gasteiger partial charge in [-0.2, -0.15) is 5.10 Å². The van der Waals surface area contributed by atoms with Gasteiger partial charge in [0.25, 0.3) is 0 Å². The number of benzene rings is 1. The number of ether oxygens (including phenoxy) is 1. The third-order valence-corrected chi connectivity index (χ3v) is 4.07. The van der Waals surface area contributed by atoms with Crippen molar-refractivity contribution in [2.45, 2.75) is 19.4 Å². The van der Waals surface area contributed by atoms with E-state index in [9.17, 15) is 9.59 Å². The van der Waals surface area contributed by atoms with Gasteiger partial charge >= 0.3 is 6.09 Å². The summed E-state index contributed by atoms with van der Waals surface area (Å²) in [5.41, 5.74) is 0.981. The summed E-state index contributed by atoms with van der Waals surface area (Å²) in [6.45, 7) is 0.946. The highest BCUT2D eigenvalue weighted by atomic mass is 16.5. The number of aromatic nitrogens is 2. The summed E-state index contributed by atoms with van der Waals surface area (Å²) in [7, 11) is 3.27. The van der Waals surface area contributed by atoms with E-state index in [1.165, 1.54) is 20.0 Å². The van der Waals surface area contributed by atoms with E-state index in [-0.39, 0.29) is 12.5 Å². The summed E-state index contributed by atoms with van der Waals surface area (Å²) in [6.07, 6.45) is 2.95. The van der Waals surface area contributed by atoms with Crippen molar-refractivity contribution in [2.24, 2.45) is 5.92 Å². The number of carbonyl (C=O) groups excluding carboxylic acids is 1. The molecular formula is C16H20N4O4. The number of likely N-dealkylation sites (N-methyl/N-ethyl adjacent to an activating group) is 1. The Kier molecular flexibility index (Phi) is 4.28. The standard InChI is InChI=1S/C16H20N4O4/c1-19(7-10-3-4-10)15(21)9-20-8-11-5-13(17-16(22)23)14(24-2)6-12(11)18-20/h5-6,8,10,17H,3-4,7,9H2,1-2H3,(H,22,23). The zero-order valence-electron chi connectivity index (χ0n) is 13.7. The fourth-order valence-corrected chi connectivity index (χ4v) is 2.62. The van der Waals surface area contributed by atoms with Crippen molar-refractivity contribution in [3.05, 3.63) is 18.3 Å². The van der Waals surface area contributed by atoms with E-state index in [2.05, 4.69) is 10.4 Å². The first-order valence-corrected chi connectivity index (χ1v) is 7.75. The second kappa shape index (κ2) is 6.38. The van der Waals surface area contributed by atoms with Gasteiger partial charge in [0.05, 0.1) is 18.3 Å². The molecule has 1 heterocycles. The predicted molar refractivity (Wildman–Crippen MR) is 88.3 cm³/mol. The summed E-state index contributed by atoms with van der Waals surface area (Å²) >= 11 is 0. The molecule has 0 bridgehead atoms. The van der Waals surface area contributed by atoms with Crippen LogP contribution in [0.25, 0.3) is 10.9 Å². The van der Waals surface area contributed by atoms with Crippen LogP contribution in [-0.4, -0.2) is 52.5 Å². The average molecular weight is 332 g/mol. The quantitative estimate of drug-likeness (QED) is 0.843. The van der Waals surface area contributed by atoms with Gasteiger partial charge in [-0.3, -0.25) is 14.8 Å². The predicted octanol–water partition coefficient (Wildman–Crippen LogP) is 2.00. The Bertz CT molecular complexity index is 782. The molecule has 2 aromatic rings. The van der Waals surface area contributed by atoms with Crippen LogP contribution in [-0.2, 0) is 11.3 Å². The van der Waals surface area contributed by atoms with Gasteiger partial charge in [-0.25, -0.2) is 4.79 Å². The largest absolute Gasteiger partial charge is 0.494 e. The molecule has 0 aliphatic heterocycles. The maximum Gasteiger partial charge on any atom is 0.409 e. The van der Waals surface area contributed by atoms with E-state index in [1.807, 2.05) is 7.05 Å². The van der Waals surface area contributed by atoms with Gasteiger partial charge in [0, 0.05) is 31.2 Å². The SMILES string of the molecule is COc1cc2nn(CC(=O)N(C)CC3CC3)cc2cc1NC(=O)O. The lowest BCUT2D eigenvalue weighted by molar-refractivity contribution is -0.130. The number of methoxy groups -OCH3 is 1. The smallest absolute Gasteiger partial charge is 0.409 e. The summed E-state index contributed by atoms with van der Waals surface area (Å²) in [6, 6.07) is 3.29. The van der Waals surface area contributed by atoms with Crippen molar-refractivity contribution in [1.29, 1.82) is 0 Å². The molecule has 1 aliphatic rings. The molecule has 0 spiro atoms. The van der Waals surface area contributed by atoms with Crippen molar-refractivity contribution < 1.29 is 19.4 Å². The molecule has 1 aliphatic carbocycles. The van der Waals surface area contributed by atoms with Crippen LogP contribution >= 0.6 is 0 Å². The lowest BCUT2D eigenvalue weighted by atomic mass is 10.2. The number of nitrogens with one attached hydrogen (secondary N) is 1. The summed E-state index contributed by atoms with van der Waals surface area (Å²) in [5, 5.41) is 16.3. The van der Waals surface area contributed by atoms with Gasteiger partial charge < -0.3 is 14.7 Å². The van der Waals surface area contributed by atoms with E-state index in [1.54, 1.807) is 27.9 Å². The number of carbonyl (C=O) groups is 2. The second-order valence-corrected chi connectivity index (χ2v) is 6.09. The van der Waals surface area contributed by atoms with Crippen LogP contribution in [0.2, 0.25) is 0 Å². The number of carboxylic acid groups (broad SMARTS) is 1. The first kappa shape index (κ1) is 16.1. The Morgan fingerprint density at radius 3 is 2.83 bits per heavy atom. The zero-order chi connectivity index (χ0) is 17.3. The van der Waals surface area contributed by atoms with Gasteiger partial charge in [-0.1, -0.05) is 0 Å². The molecule has 2 N–H and O–H groups in total. The van der Waals surface area contributed by atoms with Gasteiger partial charge in [-0.05, 0) is 24.8 Å². The lowest BCUT2D eigenvalue weighted by Gasteiger charge is -2.16. The monoisotopic (exact) mass is 332 g/mol. The zero-order valence-corrected chi connectivity index (χ0v) is 13.7. The van der Waals surface area contributed by atoms with E-state index in [0.29, 0.717) is 22.9 Å². The topological polar surface area (TPSA) is 96.7 Å². The molecule has 1 aromatic heterocycles. The van der Waals surface area contributed by atoms with Crippen molar-refractivity contribution in [2.75, 3.05) is 26.0 Å². The Balaban J connectivity index is 1.79. The normalized spacial score (nSPS) is 13.8. The molecule has 0 unspecified atom stereocenters. The van der Waals surface area contributed by atoms with Gasteiger partial charge in [0.1, 0.15) is 12.3 Å². The molecule has 128 valence electrons. The third kappa shape index (κ3) is 3.58. The highest BCUT2D eigenvalue weighted by molar-refractivity contribution is 5.92. The van der Waals surface area contributed by atoms with E-state index in [0.717, 1.165) is 11.9 Å². The van der Waals surface area contributed by atoms with E-state index >= 15 is 0 Å². The lowest BCUT2D eigenvalue weighted by Crippen LogP contribution is -2.32. The first-order valence-electron chi connectivity index (χ1n) is 7.75. The van der Waals surface area contributed by atoms with Crippen LogP contribution in [0.3, 0.4) is 0 Å². The molecule has 8 heteroatoms. The maximum absolute atomic E-state index is 12.2. The Hall–Kier alpha value is -2.77. The highest BCUT2D eigenvalue weighted by Gasteiger charge is 2.25. The number of hydrogen-bond donors (Lipinski definition) is 2. The van der Waals surface area contributed by atoms with Crippen LogP contribution in [0.5, 0.6) is 5.75 Å². The maximum atomic E-state index is 12.2. The molecule has 1 aromatic carbocycles. The first-order chi connectivity index (χ1) is 11.5. The minimum atomic E-state index is -1.17. The van der Waals surface area contributed by atoms with Gasteiger partial charge in [0.15, 0.2) is 0 Å². The van der Waals surface area contributed by atoms with Crippen LogP contribution < -0.4 is 10.1 Å². The summed E-state index contributed by atoms with van der Waals surface area (Å²) in [4.78, 5) is 24.8. The molecule has 24 heavy (non-hydrogen) atoms. The molecule has 8 nitrogen and oxygen atoms in total. The molecule has 1 saturated carbocycles. The van der Waals surface area contributed by atoms with Crippen LogP contribution in [0.4, 0.5) is 10.5 Å². The Morgan fingerprint density at radius 1 is 1.46 bits per heavy atom. The molecule has 2 amide bonds. The summed E-state index contributed by atoms with van der Waals surface area (Å²) < 4.78 is 6.75. The number of hydrogen-bond acceptors (Lipinski definition) is 4. The number of nitrogens with zero attached hydrogens (tertiary/aromatic N) is 3. The van der Waals surface area contributed by atoms with Crippen LogP contribution in [0.1, 0.15) is 12.8 Å². The number of fused-ring (bicyclic) bond motifs is 1. The molecule has 3 rings (SSSR count). The summed E-state index contributed by atoms with van der Waals surface area (Å²) in [5.74, 6) is 1.03. The van der Waals surface area contributed by atoms with Crippen molar-refractivity contribution in [3.63, 3.8) is 0 Å². The number of anilines is 1. The van der Waals surface area contributed by atoms with E-state index in [4.69, 9.17) is 9.84 Å². The molecule has 0 atom stereocenters. The Morgan fingerprint density at radius 2 is 2.21 bits per heavy atom. The molecule has 0 saturated heterocycles. The molecule has 1 fully saturated rings. The van der Waals surface area contributed by atoms with Crippen molar-refractivity contribution in [3.8, 4) is 5.75 Å². The fraction of sp³-hybridized carbons (Fsp3) is 0.438. The van der Waals surface area contributed by atoms with E-state index < -0.39 is 6.09 Å². The Labute approximate surface area is 139 Å². The number of rotatable bonds is 6. The number of amides is 2. The highest BCUT2D eigenvalue weighted by Crippen LogP contribution is 2.30. The minimum Gasteiger partial charge on any atom is -0.494 e. The molecular weight excluding hydrogens is 312 g/mol. The second-order valence-electron chi connectivity index (χ2n) is 6.09. The average Bonchev–Trinajstić information content (AvgIpc) is 3.24. The van der Waals surface area contributed by atoms with Crippen LogP contribution in [0.15, 0.2) is 18.3 Å². The van der Waals surface area contributed by atoms with Crippen molar-refractivity contribution >= 4 is 28.6 Å².